The van der Waals surface area contributed by atoms with Crippen molar-refractivity contribution in [3.8, 4) is 28.6 Å². The van der Waals surface area contributed by atoms with Gasteiger partial charge in [-0.3, -0.25) is 0 Å². The van der Waals surface area contributed by atoms with Gasteiger partial charge in [0.2, 0.25) is 23.5 Å². The first-order valence-corrected chi connectivity index (χ1v) is 7.76. The number of ether oxygens (including phenoxy) is 1. The third kappa shape index (κ3) is 3.30. The zero-order valence-electron chi connectivity index (χ0n) is 13.7. The van der Waals surface area contributed by atoms with Gasteiger partial charge in [0.05, 0.1) is 7.11 Å². The molecule has 2 aromatic heterocycles. The SMILES string of the molecule is COc1cccc(-c2nnc(Cc3nc(-c4cccc(F)c4)no3)o2)c1. The van der Waals surface area contributed by atoms with Crippen LogP contribution in [0.25, 0.3) is 22.8 Å². The lowest BCUT2D eigenvalue weighted by Crippen LogP contribution is -1.89. The summed E-state index contributed by atoms with van der Waals surface area (Å²) in [4.78, 5) is 4.23. The number of methoxy groups -OCH3 is 1. The first-order chi connectivity index (χ1) is 12.7. The summed E-state index contributed by atoms with van der Waals surface area (Å²) in [5, 5.41) is 11.9. The molecule has 0 bridgehead atoms. The molecular weight excluding hydrogens is 339 g/mol. The van der Waals surface area contributed by atoms with E-state index in [1.165, 1.54) is 12.1 Å². The van der Waals surface area contributed by atoms with E-state index in [4.69, 9.17) is 13.7 Å². The number of benzene rings is 2. The number of nitrogens with zero attached hydrogens (tertiary/aromatic N) is 4. The molecule has 0 saturated heterocycles. The van der Waals surface area contributed by atoms with E-state index in [1.807, 2.05) is 18.2 Å². The summed E-state index contributed by atoms with van der Waals surface area (Å²) in [5.41, 5.74) is 1.27. The molecule has 0 aliphatic heterocycles. The van der Waals surface area contributed by atoms with Crippen molar-refractivity contribution in [3.63, 3.8) is 0 Å². The van der Waals surface area contributed by atoms with Gasteiger partial charge >= 0.3 is 0 Å². The van der Waals surface area contributed by atoms with E-state index in [0.29, 0.717) is 34.8 Å². The van der Waals surface area contributed by atoms with Crippen LogP contribution >= 0.6 is 0 Å². The van der Waals surface area contributed by atoms with E-state index in [-0.39, 0.29) is 12.2 Å². The summed E-state index contributed by atoms with van der Waals surface area (Å²) in [7, 11) is 1.59. The van der Waals surface area contributed by atoms with E-state index in [0.717, 1.165) is 5.56 Å². The fourth-order valence-electron chi connectivity index (χ4n) is 2.40. The molecule has 7 nitrogen and oxygen atoms in total. The molecule has 0 amide bonds. The fourth-order valence-corrected chi connectivity index (χ4v) is 2.40. The molecule has 0 atom stereocenters. The molecule has 4 rings (SSSR count). The topological polar surface area (TPSA) is 87.1 Å². The minimum absolute atomic E-state index is 0.180. The molecule has 0 radical (unpaired) electrons. The van der Waals surface area contributed by atoms with Gasteiger partial charge in [0.25, 0.3) is 0 Å². The minimum atomic E-state index is -0.367. The second-order valence-electron chi connectivity index (χ2n) is 5.43. The molecule has 0 spiro atoms. The molecular formula is C18H13FN4O3. The second kappa shape index (κ2) is 6.75. The van der Waals surface area contributed by atoms with Crippen LogP contribution in [0.5, 0.6) is 5.75 Å². The normalized spacial score (nSPS) is 10.8. The van der Waals surface area contributed by atoms with Gasteiger partial charge in [-0.2, -0.15) is 4.98 Å². The molecule has 0 unspecified atom stereocenters. The summed E-state index contributed by atoms with van der Waals surface area (Å²) in [6.07, 6.45) is 0.180. The van der Waals surface area contributed by atoms with Gasteiger partial charge in [0.1, 0.15) is 18.0 Å². The Balaban J connectivity index is 1.53. The van der Waals surface area contributed by atoms with E-state index in [9.17, 15) is 4.39 Å². The molecule has 2 heterocycles. The lowest BCUT2D eigenvalue weighted by Gasteiger charge is -1.99. The monoisotopic (exact) mass is 352 g/mol. The molecule has 26 heavy (non-hydrogen) atoms. The van der Waals surface area contributed by atoms with Gasteiger partial charge in [-0.15, -0.1) is 10.2 Å². The van der Waals surface area contributed by atoms with Crippen LogP contribution < -0.4 is 4.74 Å². The Labute approximate surface area is 147 Å². The molecule has 0 aliphatic rings. The average molecular weight is 352 g/mol. The number of halogens is 1. The molecule has 0 N–H and O–H groups in total. The Hall–Kier alpha value is -3.55. The van der Waals surface area contributed by atoms with Gasteiger partial charge in [-0.25, -0.2) is 4.39 Å². The molecule has 8 heteroatoms. The van der Waals surface area contributed by atoms with Crippen molar-refractivity contribution in [2.45, 2.75) is 6.42 Å². The fraction of sp³-hybridized carbons (Fsp3) is 0.111. The third-order valence-corrected chi connectivity index (χ3v) is 3.64. The first kappa shape index (κ1) is 15.9. The Bertz CT molecular complexity index is 1040. The summed E-state index contributed by atoms with van der Waals surface area (Å²) in [6.45, 7) is 0. The van der Waals surface area contributed by atoms with Crippen molar-refractivity contribution in [1.29, 1.82) is 0 Å². The summed E-state index contributed by atoms with van der Waals surface area (Å²) >= 11 is 0. The third-order valence-electron chi connectivity index (χ3n) is 3.64. The van der Waals surface area contributed by atoms with E-state index in [2.05, 4.69) is 20.3 Å². The van der Waals surface area contributed by atoms with Gasteiger partial charge in [0.15, 0.2) is 0 Å². The van der Waals surface area contributed by atoms with Crippen LogP contribution in [0.1, 0.15) is 11.8 Å². The molecule has 0 saturated carbocycles. The predicted molar refractivity (Wildman–Crippen MR) is 88.8 cm³/mol. The average Bonchev–Trinajstić information content (AvgIpc) is 3.32. The van der Waals surface area contributed by atoms with Gasteiger partial charge < -0.3 is 13.7 Å². The lowest BCUT2D eigenvalue weighted by molar-refractivity contribution is 0.374. The van der Waals surface area contributed by atoms with Gasteiger partial charge in [-0.05, 0) is 30.3 Å². The van der Waals surface area contributed by atoms with Crippen LogP contribution in [0.4, 0.5) is 4.39 Å². The van der Waals surface area contributed by atoms with Crippen molar-refractivity contribution in [2.24, 2.45) is 0 Å². The van der Waals surface area contributed by atoms with Gasteiger partial charge in [0, 0.05) is 11.1 Å². The zero-order chi connectivity index (χ0) is 17.9. The highest BCUT2D eigenvalue weighted by Gasteiger charge is 2.15. The maximum atomic E-state index is 13.3. The van der Waals surface area contributed by atoms with Crippen LogP contribution in [0.3, 0.4) is 0 Å². The highest BCUT2D eigenvalue weighted by molar-refractivity contribution is 5.55. The van der Waals surface area contributed by atoms with Crippen LogP contribution in [0.2, 0.25) is 0 Å². The minimum Gasteiger partial charge on any atom is -0.497 e. The highest BCUT2D eigenvalue weighted by atomic mass is 19.1. The molecule has 0 fully saturated rings. The maximum absolute atomic E-state index is 13.3. The number of rotatable bonds is 5. The smallest absolute Gasteiger partial charge is 0.247 e. The van der Waals surface area contributed by atoms with Crippen LogP contribution in [-0.4, -0.2) is 27.4 Å². The zero-order valence-corrected chi connectivity index (χ0v) is 13.7. The van der Waals surface area contributed by atoms with E-state index >= 15 is 0 Å². The van der Waals surface area contributed by atoms with Gasteiger partial charge in [-0.1, -0.05) is 23.4 Å². The predicted octanol–water partition coefficient (Wildman–Crippen LogP) is 3.53. The Morgan fingerprint density at radius 3 is 2.69 bits per heavy atom. The van der Waals surface area contributed by atoms with Crippen LogP contribution in [0.15, 0.2) is 57.5 Å². The second-order valence-corrected chi connectivity index (χ2v) is 5.43. The quantitative estimate of drug-likeness (QED) is 0.543. The largest absolute Gasteiger partial charge is 0.497 e. The number of aromatic nitrogens is 4. The molecule has 4 aromatic rings. The van der Waals surface area contributed by atoms with E-state index in [1.54, 1.807) is 25.3 Å². The van der Waals surface area contributed by atoms with E-state index < -0.39 is 0 Å². The maximum Gasteiger partial charge on any atom is 0.247 e. The van der Waals surface area contributed by atoms with Crippen LogP contribution in [0, 0.1) is 5.82 Å². The van der Waals surface area contributed by atoms with Crippen molar-refractivity contribution in [2.75, 3.05) is 7.11 Å². The summed E-state index contributed by atoms with van der Waals surface area (Å²) in [5.74, 6) is 1.62. The van der Waals surface area contributed by atoms with Crippen LogP contribution in [-0.2, 0) is 6.42 Å². The Morgan fingerprint density at radius 1 is 1.00 bits per heavy atom. The summed E-state index contributed by atoms with van der Waals surface area (Å²) < 4.78 is 29.3. The van der Waals surface area contributed by atoms with Crippen molar-refractivity contribution >= 4 is 0 Å². The highest BCUT2D eigenvalue weighted by Crippen LogP contribution is 2.23. The summed E-state index contributed by atoms with van der Waals surface area (Å²) in [6, 6.07) is 13.3. The van der Waals surface area contributed by atoms with Crippen molar-refractivity contribution < 1.29 is 18.1 Å². The molecule has 2 aromatic carbocycles. The van der Waals surface area contributed by atoms with Crippen molar-refractivity contribution in [3.05, 3.63) is 66.1 Å². The molecule has 0 aliphatic carbocycles. The number of hydrogen-bond donors (Lipinski definition) is 0. The van der Waals surface area contributed by atoms with Crippen molar-refractivity contribution in [1.82, 2.24) is 20.3 Å². The Morgan fingerprint density at radius 2 is 1.85 bits per heavy atom. The number of hydrogen-bond acceptors (Lipinski definition) is 7. The lowest BCUT2D eigenvalue weighted by atomic mass is 10.2. The molecule has 130 valence electrons. The first-order valence-electron chi connectivity index (χ1n) is 7.76. The standard InChI is InChI=1S/C18H13FN4O3/c1-24-14-7-3-5-12(9-14)18-22-21-16(25-18)10-15-20-17(23-26-15)11-4-2-6-13(19)8-11/h2-9H,10H2,1H3. The Kier molecular flexibility index (Phi) is 4.14.